The maximum Gasteiger partial charge on any atom is 0.335 e. The van der Waals surface area contributed by atoms with Crippen LogP contribution in [0.25, 0.3) is 11.1 Å². The van der Waals surface area contributed by atoms with Gasteiger partial charge >= 0.3 is 11.9 Å². The van der Waals surface area contributed by atoms with E-state index in [1.807, 2.05) is 19.1 Å². The highest BCUT2D eigenvalue weighted by Gasteiger charge is 2.25. The molecule has 3 aromatic rings. The van der Waals surface area contributed by atoms with E-state index in [0.717, 1.165) is 28.8 Å². The van der Waals surface area contributed by atoms with E-state index in [1.54, 1.807) is 38.5 Å². The van der Waals surface area contributed by atoms with Gasteiger partial charge < -0.3 is 29.7 Å². The average Bonchev–Trinajstić information content (AvgIpc) is 2.90. The predicted molar refractivity (Wildman–Crippen MR) is 146 cm³/mol. The molecule has 0 bridgehead atoms. The molecule has 0 spiro atoms. The normalized spacial score (nSPS) is 11.5. The highest BCUT2D eigenvalue weighted by Crippen LogP contribution is 2.40. The van der Waals surface area contributed by atoms with Crippen molar-refractivity contribution >= 4 is 41.0 Å². The van der Waals surface area contributed by atoms with Gasteiger partial charge in [-0.3, -0.25) is 4.79 Å². The van der Waals surface area contributed by atoms with E-state index in [4.69, 9.17) is 42.5 Å². The number of carbonyl (C=O) groups is 3. The first kappa shape index (κ1) is 29.8. The molecular weight excluding hydrogens is 549 g/mol. The van der Waals surface area contributed by atoms with Crippen LogP contribution in [0.15, 0.2) is 48.5 Å². The van der Waals surface area contributed by atoms with E-state index < -0.39 is 23.9 Å². The van der Waals surface area contributed by atoms with Crippen molar-refractivity contribution in [3.8, 4) is 22.6 Å². The van der Waals surface area contributed by atoms with Crippen LogP contribution in [-0.2, 0) is 22.6 Å². The lowest BCUT2D eigenvalue weighted by atomic mass is 9.98. The molecule has 1 atom stereocenters. The zero-order valence-electron chi connectivity index (χ0n) is 21.4. The second-order valence-corrected chi connectivity index (χ2v) is 9.21. The molecule has 3 rings (SSSR count). The number of aromatic carboxylic acids is 1. The molecule has 1 amide bonds. The van der Waals surface area contributed by atoms with Gasteiger partial charge in [0.2, 0.25) is 0 Å². The zero-order valence-corrected chi connectivity index (χ0v) is 22.9. The molecule has 0 unspecified atom stereocenters. The molecule has 0 saturated carbocycles. The summed E-state index contributed by atoms with van der Waals surface area (Å²) in [7, 11) is 3.12. The quantitative estimate of drug-likeness (QED) is 0.264. The van der Waals surface area contributed by atoms with E-state index in [9.17, 15) is 19.5 Å². The standard InChI is InChI=1S/C28H27Cl2NO8/c1-4-39-14-16-10-22(37-2)24(23(11-16)38-3)17-7-5-15(6-8-17)9-21(28(35)36)31-26(32)25-19(29)12-18(27(33)34)13-20(25)30/h5-8,10-13,21H,4,9,14H2,1-3H3,(H,31,32)(H,33,34)(H,35,36)/t21-/m0/s1. The third-order valence-corrected chi connectivity index (χ3v) is 6.44. The van der Waals surface area contributed by atoms with Crippen LogP contribution in [0.5, 0.6) is 11.5 Å². The number of amides is 1. The molecule has 3 aromatic carbocycles. The van der Waals surface area contributed by atoms with Crippen molar-refractivity contribution in [3.63, 3.8) is 0 Å². The lowest BCUT2D eigenvalue weighted by Gasteiger charge is -2.18. The number of aliphatic carboxylic acids is 1. The Morgan fingerprint density at radius 2 is 1.46 bits per heavy atom. The fraction of sp³-hybridized carbons (Fsp3) is 0.250. The number of nitrogens with one attached hydrogen (secondary N) is 1. The van der Waals surface area contributed by atoms with Gasteiger partial charge in [0, 0.05) is 13.0 Å². The Morgan fingerprint density at radius 1 is 0.897 bits per heavy atom. The minimum absolute atomic E-state index is 0.0363. The first-order chi connectivity index (χ1) is 18.6. The molecule has 39 heavy (non-hydrogen) atoms. The summed E-state index contributed by atoms with van der Waals surface area (Å²) in [5, 5.41) is 20.9. The van der Waals surface area contributed by atoms with Crippen LogP contribution in [0, 0.1) is 0 Å². The van der Waals surface area contributed by atoms with Gasteiger partial charge in [0.1, 0.15) is 17.5 Å². The fourth-order valence-electron chi connectivity index (χ4n) is 3.94. The number of methoxy groups -OCH3 is 2. The van der Waals surface area contributed by atoms with Crippen LogP contribution < -0.4 is 14.8 Å². The lowest BCUT2D eigenvalue weighted by Crippen LogP contribution is -2.42. The summed E-state index contributed by atoms with van der Waals surface area (Å²) in [6, 6.07) is 11.7. The van der Waals surface area contributed by atoms with Gasteiger partial charge in [-0.1, -0.05) is 47.5 Å². The summed E-state index contributed by atoms with van der Waals surface area (Å²) in [6.07, 6.45) is -0.0363. The molecule has 206 valence electrons. The summed E-state index contributed by atoms with van der Waals surface area (Å²) in [5.74, 6) is -2.19. The van der Waals surface area contributed by atoms with Gasteiger partial charge in [-0.15, -0.1) is 0 Å². The van der Waals surface area contributed by atoms with E-state index >= 15 is 0 Å². The fourth-order valence-corrected chi connectivity index (χ4v) is 4.60. The maximum absolute atomic E-state index is 12.8. The third kappa shape index (κ3) is 7.20. The van der Waals surface area contributed by atoms with Gasteiger partial charge in [0.05, 0.1) is 47.6 Å². The van der Waals surface area contributed by atoms with E-state index in [2.05, 4.69) is 5.32 Å². The van der Waals surface area contributed by atoms with Crippen LogP contribution in [0.4, 0.5) is 0 Å². The third-order valence-electron chi connectivity index (χ3n) is 5.84. The van der Waals surface area contributed by atoms with Crippen molar-refractivity contribution in [1.82, 2.24) is 5.32 Å². The Bertz CT molecular complexity index is 1330. The number of carbonyl (C=O) groups excluding carboxylic acids is 1. The summed E-state index contributed by atoms with van der Waals surface area (Å²) in [6.45, 7) is 2.89. The average molecular weight is 576 g/mol. The Balaban J connectivity index is 1.83. The Hall–Kier alpha value is -3.79. The molecule has 0 heterocycles. The first-order valence-corrected chi connectivity index (χ1v) is 12.5. The van der Waals surface area contributed by atoms with Crippen molar-refractivity contribution < 1.29 is 38.8 Å². The topological polar surface area (TPSA) is 131 Å². The van der Waals surface area contributed by atoms with Gasteiger partial charge in [0.15, 0.2) is 0 Å². The van der Waals surface area contributed by atoms with E-state index in [-0.39, 0.29) is 27.6 Å². The van der Waals surface area contributed by atoms with Gasteiger partial charge in [-0.05, 0) is 47.9 Å². The maximum atomic E-state index is 12.8. The Labute approximate surface area is 235 Å². The molecule has 3 N–H and O–H groups in total. The molecule has 0 radical (unpaired) electrons. The van der Waals surface area contributed by atoms with Crippen LogP contribution in [0.1, 0.15) is 38.8 Å². The van der Waals surface area contributed by atoms with Crippen LogP contribution in [-0.4, -0.2) is 54.9 Å². The van der Waals surface area contributed by atoms with Crippen molar-refractivity contribution in [3.05, 3.63) is 80.8 Å². The molecular formula is C28H27Cl2NO8. The summed E-state index contributed by atoms with van der Waals surface area (Å²) >= 11 is 12.1. The monoisotopic (exact) mass is 575 g/mol. The van der Waals surface area contributed by atoms with Crippen LogP contribution in [0.3, 0.4) is 0 Å². The van der Waals surface area contributed by atoms with Gasteiger partial charge in [0.25, 0.3) is 5.91 Å². The van der Waals surface area contributed by atoms with Gasteiger partial charge in [-0.2, -0.15) is 0 Å². The number of carboxylic acids is 2. The zero-order chi connectivity index (χ0) is 28.7. The molecule has 0 aliphatic carbocycles. The minimum atomic E-state index is -1.31. The van der Waals surface area contributed by atoms with Crippen molar-refractivity contribution in [2.45, 2.75) is 26.0 Å². The second-order valence-electron chi connectivity index (χ2n) is 8.40. The van der Waals surface area contributed by atoms with E-state index in [0.29, 0.717) is 30.3 Å². The van der Waals surface area contributed by atoms with E-state index in [1.165, 1.54) is 0 Å². The SMILES string of the molecule is CCOCc1cc(OC)c(-c2ccc(C[C@H](NC(=O)c3c(Cl)cc(C(=O)O)cc3Cl)C(=O)O)cc2)c(OC)c1. The van der Waals surface area contributed by atoms with Crippen molar-refractivity contribution in [2.75, 3.05) is 20.8 Å². The van der Waals surface area contributed by atoms with Crippen LogP contribution in [0.2, 0.25) is 10.0 Å². The number of rotatable bonds is 12. The molecule has 11 heteroatoms. The summed E-state index contributed by atoms with van der Waals surface area (Å²) in [5.41, 5.74) is 2.62. The summed E-state index contributed by atoms with van der Waals surface area (Å²) < 4.78 is 16.7. The smallest absolute Gasteiger partial charge is 0.335 e. The largest absolute Gasteiger partial charge is 0.496 e. The molecule has 0 aliphatic heterocycles. The van der Waals surface area contributed by atoms with Crippen molar-refractivity contribution in [2.24, 2.45) is 0 Å². The first-order valence-electron chi connectivity index (χ1n) is 11.8. The molecule has 9 nitrogen and oxygen atoms in total. The molecule has 0 saturated heterocycles. The highest BCUT2D eigenvalue weighted by atomic mass is 35.5. The number of ether oxygens (including phenoxy) is 3. The van der Waals surface area contributed by atoms with Crippen molar-refractivity contribution in [1.29, 1.82) is 0 Å². The lowest BCUT2D eigenvalue weighted by molar-refractivity contribution is -0.139. The molecule has 0 aliphatic rings. The second kappa shape index (κ2) is 13.3. The van der Waals surface area contributed by atoms with Crippen LogP contribution >= 0.6 is 23.2 Å². The number of halogens is 2. The Kier molecular flexibility index (Phi) is 10.2. The van der Waals surface area contributed by atoms with Gasteiger partial charge in [-0.25, -0.2) is 9.59 Å². The minimum Gasteiger partial charge on any atom is -0.496 e. The number of hydrogen-bond donors (Lipinski definition) is 3. The predicted octanol–water partition coefficient (Wildman–Crippen LogP) is 5.34. The number of carboxylic acid groups (broad SMARTS) is 2. The molecule has 0 fully saturated rings. The number of hydrogen-bond acceptors (Lipinski definition) is 6. The highest BCUT2D eigenvalue weighted by molar-refractivity contribution is 6.40. The molecule has 0 aromatic heterocycles. The summed E-state index contributed by atoms with van der Waals surface area (Å²) in [4.78, 5) is 35.9. The number of benzene rings is 3. The Morgan fingerprint density at radius 3 is 1.92 bits per heavy atom.